The van der Waals surface area contributed by atoms with Crippen molar-refractivity contribution < 1.29 is 13.2 Å². The number of rotatable bonds is 5. The molecule has 1 aromatic carbocycles. The highest BCUT2D eigenvalue weighted by atomic mass is 32.2. The molecule has 3 heterocycles. The Bertz CT molecular complexity index is 1040. The number of thiazole rings is 1. The summed E-state index contributed by atoms with van der Waals surface area (Å²) in [6.45, 7) is 2.32. The van der Waals surface area contributed by atoms with Crippen LogP contribution >= 0.6 is 11.3 Å². The van der Waals surface area contributed by atoms with Gasteiger partial charge in [-0.2, -0.15) is 0 Å². The van der Waals surface area contributed by atoms with Crippen molar-refractivity contribution in [3.63, 3.8) is 0 Å². The number of hydrogen-bond donors (Lipinski definition) is 0. The predicted molar refractivity (Wildman–Crippen MR) is 105 cm³/mol. The molecule has 7 nitrogen and oxygen atoms in total. The average molecular weight is 405 g/mol. The van der Waals surface area contributed by atoms with Crippen LogP contribution in [-0.4, -0.2) is 49.3 Å². The van der Waals surface area contributed by atoms with Crippen LogP contribution < -0.4 is 9.64 Å². The first kappa shape index (κ1) is 18.1. The summed E-state index contributed by atoms with van der Waals surface area (Å²) in [6.07, 6.45) is 8.19. The number of para-hydroxylation sites is 1. The molecule has 0 amide bonds. The molecular weight excluding hydrogens is 384 g/mol. The molecule has 0 bridgehead atoms. The van der Waals surface area contributed by atoms with E-state index in [9.17, 15) is 8.42 Å². The molecular formula is C18H20N4O3S2. The zero-order chi connectivity index (χ0) is 18.9. The third-order valence-electron chi connectivity index (χ3n) is 4.57. The summed E-state index contributed by atoms with van der Waals surface area (Å²) in [5.41, 5.74) is 0.568. The molecule has 1 aliphatic heterocycles. The van der Waals surface area contributed by atoms with E-state index in [-0.39, 0.29) is 0 Å². The molecule has 9 heteroatoms. The zero-order valence-electron chi connectivity index (χ0n) is 14.9. The molecule has 142 valence electrons. The second-order valence-corrected chi connectivity index (χ2v) is 9.67. The maximum atomic E-state index is 12.0. The normalized spacial score (nSPS) is 18.0. The summed E-state index contributed by atoms with van der Waals surface area (Å²) in [4.78, 5) is 15.3. The Morgan fingerprint density at radius 2 is 2.22 bits per heavy atom. The van der Waals surface area contributed by atoms with E-state index < -0.39 is 9.84 Å². The molecule has 0 spiro atoms. The maximum absolute atomic E-state index is 12.0. The van der Waals surface area contributed by atoms with Gasteiger partial charge in [-0.1, -0.05) is 17.4 Å². The van der Waals surface area contributed by atoms with Crippen molar-refractivity contribution in [3.8, 4) is 5.88 Å². The molecule has 0 aliphatic carbocycles. The third-order valence-corrected chi connectivity index (χ3v) is 6.78. The van der Waals surface area contributed by atoms with Gasteiger partial charge < -0.3 is 9.64 Å². The molecule has 27 heavy (non-hydrogen) atoms. The molecule has 1 fully saturated rings. The highest BCUT2D eigenvalue weighted by Gasteiger charge is 2.24. The molecule has 1 aliphatic rings. The van der Waals surface area contributed by atoms with Crippen molar-refractivity contribution >= 4 is 36.5 Å². The average Bonchev–Trinajstić information content (AvgIpc) is 3.11. The number of benzene rings is 1. The van der Waals surface area contributed by atoms with Gasteiger partial charge in [0.05, 0.1) is 22.4 Å². The Kier molecular flexibility index (Phi) is 4.96. The van der Waals surface area contributed by atoms with Gasteiger partial charge in [0.1, 0.15) is 5.52 Å². The molecule has 0 saturated carbocycles. The lowest BCUT2D eigenvalue weighted by molar-refractivity contribution is 0.221. The molecule has 0 N–H and O–H groups in total. The van der Waals surface area contributed by atoms with Crippen LogP contribution in [0.1, 0.15) is 12.8 Å². The fourth-order valence-corrected chi connectivity index (χ4v) is 5.21. The minimum absolute atomic E-state index is 0.294. The molecule has 1 atom stereocenters. The van der Waals surface area contributed by atoms with Gasteiger partial charge in [0.2, 0.25) is 5.88 Å². The summed E-state index contributed by atoms with van der Waals surface area (Å²) < 4.78 is 30.7. The molecule has 3 aromatic rings. The van der Waals surface area contributed by atoms with Crippen LogP contribution in [-0.2, 0) is 9.84 Å². The largest absolute Gasteiger partial charge is 0.476 e. The number of piperidine rings is 1. The van der Waals surface area contributed by atoms with E-state index in [0.29, 0.717) is 28.8 Å². The van der Waals surface area contributed by atoms with Crippen LogP contribution in [0.5, 0.6) is 5.88 Å². The van der Waals surface area contributed by atoms with Gasteiger partial charge in [-0.3, -0.25) is 4.98 Å². The summed E-state index contributed by atoms with van der Waals surface area (Å²) in [5, 5.41) is 0.866. The van der Waals surface area contributed by atoms with Crippen molar-refractivity contribution in [2.24, 2.45) is 5.92 Å². The quantitative estimate of drug-likeness (QED) is 0.646. The molecule has 0 radical (unpaired) electrons. The Labute approximate surface area is 162 Å². The second-order valence-electron chi connectivity index (χ2n) is 6.68. The summed E-state index contributed by atoms with van der Waals surface area (Å²) in [7, 11) is -3.30. The zero-order valence-corrected chi connectivity index (χ0v) is 16.5. The number of hydrogen-bond acceptors (Lipinski definition) is 8. The lowest BCUT2D eigenvalue weighted by atomic mass is 9.99. The van der Waals surface area contributed by atoms with Crippen molar-refractivity contribution in [2.75, 3.05) is 30.9 Å². The molecule has 1 unspecified atom stereocenters. The minimum atomic E-state index is -3.30. The fourth-order valence-electron chi connectivity index (χ4n) is 3.28. The first-order valence-corrected chi connectivity index (χ1v) is 11.4. The van der Waals surface area contributed by atoms with E-state index in [1.807, 2.05) is 6.07 Å². The Hall–Kier alpha value is -2.26. The Balaban J connectivity index is 1.51. The number of sulfone groups is 1. The molecule has 2 aromatic heterocycles. The highest BCUT2D eigenvalue weighted by Crippen LogP contribution is 2.34. The number of anilines is 1. The number of ether oxygens (including phenoxy) is 1. The number of aromatic nitrogens is 3. The van der Waals surface area contributed by atoms with E-state index in [2.05, 4.69) is 19.9 Å². The molecule has 4 rings (SSSR count). The van der Waals surface area contributed by atoms with Gasteiger partial charge in [0.25, 0.3) is 0 Å². The van der Waals surface area contributed by atoms with Gasteiger partial charge in [0.15, 0.2) is 15.0 Å². The third kappa shape index (κ3) is 4.03. The van der Waals surface area contributed by atoms with Crippen molar-refractivity contribution in [2.45, 2.75) is 17.7 Å². The van der Waals surface area contributed by atoms with E-state index in [1.165, 1.54) is 17.6 Å². The van der Waals surface area contributed by atoms with Gasteiger partial charge >= 0.3 is 0 Å². The van der Waals surface area contributed by atoms with Crippen LogP contribution in [0.4, 0.5) is 5.13 Å². The Morgan fingerprint density at radius 3 is 3.00 bits per heavy atom. The monoisotopic (exact) mass is 404 g/mol. The summed E-state index contributed by atoms with van der Waals surface area (Å²) in [6, 6.07) is 5.31. The van der Waals surface area contributed by atoms with E-state index >= 15 is 0 Å². The van der Waals surface area contributed by atoms with Gasteiger partial charge in [-0.15, -0.1) is 0 Å². The standard InChI is InChI=1S/C18H20N4O3S2/c1-27(23,24)15-6-2-5-14-17(15)21-18(26-14)22-9-3-4-13(11-22)12-25-16-10-19-7-8-20-16/h2,5-8,10,13H,3-4,9,11-12H2,1H3. The molecule has 1 saturated heterocycles. The summed E-state index contributed by atoms with van der Waals surface area (Å²) in [5.74, 6) is 0.898. The van der Waals surface area contributed by atoms with Crippen molar-refractivity contribution in [1.82, 2.24) is 15.0 Å². The first-order chi connectivity index (χ1) is 13.0. The van der Waals surface area contributed by atoms with E-state index in [1.54, 1.807) is 30.7 Å². The second kappa shape index (κ2) is 7.40. The van der Waals surface area contributed by atoms with Gasteiger partial charge in [-0.25, -0.2) is 18.4 Å². The van der Waals surface area contributed by atoms with Crippen LogP contribution in [0.15, 0.2) is 41.7 Å². The number of nitrogens with zero attached hydrogens (tertiary/aromatic N) is 4. The lowest BCUT2D eigenvalue weighted by Gasteiger charge is -2.32. The van der Waals surface area contributed by atoms with Crippen LogP contribution in [0.25, 0.3) is 10.2 Å². The first-order valence-electron chi connectivity index (χ1n) is 8.74. The smallest absolute Gasteiger partial charge is 0.232 e. The lowest BCUT2D eigenvalue weighted by Crippen LogP contribution is -2.37. The van der Waals surface area contributed by atoms with Crippen LogP contribution in [0.3, 0.4) is 0 Å². The van der Waals surface area contributed by atoms with Gasteiger partial charge in [-0.05, 0) is 25.0 Å². The van der Waals surface area contributed by atoms with Crippen LogP contribution in [0.2, 0.25) is 0 Å². The Morgan fingerprint density at radius 1 is 1.33 bits per heavy atom. The fraction of sp³-hybridized carbons (Fsp3) is 0.389. The highest BCUT2D eigenvalue weighted by molar-refractivity contribution is 7.91. The van der Waals surface area contributed by atoms with Crippen LogP contribution in [0, 0.1) is 5.92 Å². The van der Waals surface area contributed by atoms with Crippen molar-refractivity contribution in [1.29, 1.82) is 0 Å². The van der Waals surface area contributed by atoms with Crippen molar-refractivity contribution in [3.05, 3.63) is 36.8 Å². The topological polar surface area (TPSA) is 85.3 Å². The predicted octanol–water partition coefficient (Wildman–Crippen LogP) is 2.79. The summed E-state index contributed by atoms with van der Waals surface area (Å²) >= 11 is 1.54. The SMILES string of the molecule is CS(=O)(=O)c1cccc2sc(N3CCCC(COc4cnccn4)C3)nc12. The van der Waals surface area contributed by atoms with Gasteiger partial charge in [0, 0.05) is 37.7 Å². The number of fused-ring (bicyclic) bond motifs is 1. The van der Waals surface area contributed by atoms with E-state index in [4.69, 9.17) is 4.74 Å². The minimum Gasteiger partial charge on any atom is -0.476 e. The van der Waals surface area contributed by atoms with E-state index in [0.717, 1.165) is 35.8 Å². The maximum Gasteiger partial charge on any atom is 0.232 e.